The average molecular weight is 513 g/mol. The number of benzene rings is 1. The summed E-state index contributed by atoms with van der Waals surface area (Å²) in [7, 11) is 0. The van der Waals surface area contributed by atoms with E-state index in [9.17, 15) is 14.4 Å². The van der Waals surface area contributed by atoms with Gasteiger partial charge in [-0.15, -0.1) is 11.3 Å². The Labute approximate surface area is 211 Å². The van der Waals surface area contributed by atoms with E-state index in [-0.39, 0.29) is 11.8 Å². The molecule has 4 rings (SSSR count). The number of aromatic nitrogens is 1. The molecule has 0 spiro atoms. The fourth-order valence-electron chi connectivity index (χ4n) is 3.99. The maximum Gasteiger partial charge on any atom is 0.341 e. The van der Waals surface area contributed by atoms with E-state index in [0.717, 1.165) is 46.2 Å². The number of carbonyl (C=O) groups excluding carboxylic acids is 3. The number of hydrogen-bond donors (Lipinski definition) is 2. The number of ether oxygens (including phenoxy) is 1. The zero-order valence-corrected chi connectivity index (χ0v) is 21.2. The maximum absolute atomic E-state index is 12.6. The number of thiophene rings is 1. The quantitative estimate of drug-likeness (QED) is 0.170. The average Bonchev–Trinajstić information content (AvgIpc) is 3.16. The molecule has 1 aromatic carbocycles. The fraction of sp³-hybridized carbons (Fsp3) is 0.320. The highest BCUT2D eigenvalue weighted by atomic mass is 35.5. The van der Waals surface area contributed by atoms with Gasteiger partial charge in [-0.2, -0.15) is 5.10 Å². The molecule has 0 saturated heterocycles. The smallest absolute Gasteiger partial charge is 0.341 e. The van der Waals surface area contributed by atoms with Gasteiger partial charge in [0.15, 0.2) is 0 Å². The van der Waals surface area contributed by atoms with E-state index >= 15 is 0 Å². The van der Waals surface area contributed by atoms with Gasteiger partial charge in [-0.05, 0) is 62.3 Å². The number of halogens is 1. The first-order chi connectivity index (χ1) is 16.8. The van der Waals surface area contributed by atoms with Gasteiger partial charge in [0.2, 0.25) is 0 Å². The molecule has 0 bridgehead atoms. The van der Waals surface area contributed by atoms with Crippen LogP contribution in [-0.2, 0) is 27.2 Å². The van der Waals surface area contributed by atoms with Crippen LogP contribution >= 0.6 is 22.9 Å². The van der Waals surface area contributed by atoms with Gasteiger partial charge in [0.1, 0.15) is 10.2 Å². The van der Waals surface area contributed by atoms with Gasteiger partial charge < -0.3 is 10.1 Å². The van der Waals surface area contributed by atoms with Gasteiger partial charge in [-0.3, -0.25) is 9.59 Å². The molecule has 3 aromatic rings. The molecule has 2 heterocycles. The molecule has 0 aliphatic heterocycles. The van der Waals surface area contributed by atoms with Crippen LogP contribution in [0.2, 0.25) is 5.15 Å². The van der Waals surface area contributed by atoms with Crippen molar-refractivity contribution >= 4 is 62.8 Å². The summed E-state index contributed by atoms with van der Waals surface area (Å²) >= 11 is 7.55. The predicted octanol–water partition coefficient (Wildman–Crippen LogP) is 4.65. The Hall–Kier alpha value is -3.30. The number of rotatable bonds is 5. The van der Waals surface area contributed by atoms with Crippen LogP contribution < -0.4 is 10.7 Å². The molecule has 2 amide bonds. The molecule has 2 N–H and O–H groups in total. The van der Waals surface area contributed by atoms with Crippen molar-refractivity contribution in [3.8, 4) is 0 Å². The molecule has 1 aliphatic rings. The van der Waals surface area contributed by atoms with Crippen LogP contribution in [0.5, 0.6) is 0 Å². The highest BCUT2D eigenvalue weighted by Crippen LogP contribution is 2.40. The van der Waals surface area contributed by atoms with Crippen molar-refractivity contribution in [2.24, 2.45) is 11.0 Å². The lowest BCUT2D eigenvalue weighted by Crippen LogP contribution is -2.32. The highest BCUT2D eigenvalue weighted by molar-refractivity contribution is 7.17. The van der Waals surface area contributed by atoms with Crippen molar-refractivity contribution < 1.29 is 19.1 Å². The molecule has 0 unspecified atom stereocenters. The lowest BCUT2D eigenvalue weighted by atomic mass is 9.88. The van der Waals surface area contributed by atoms with Gasteiger partial charge >= 0.3 is 17.8 Å². The summed E-state index contributed by atoms with van der Waals surface area (Å²) < 4.78 is 5.20. The van der Waals surface area contributed by atoms with Crippen molar-refractivity contribution in [2.75, 3.05) is 11.9 Å². The van der Waals surface area contributed by atoms with Crippen LogP contribution in [0.15, 0.2) is 29.4 Å². The predicted molar refractivity (Wildman–Crippen MR) is 137 cm³/mol. The number of nitrogens with zero attached hydrogens (tertiary/aromatic N) is 2. The summed E-state index contributed by atoms with van der Waals surface area (Å²) in [5.41, 5.74) is 5.74. The second-order valence-electron chi connectivity index (χ2n) is 8.49. The van der Waals surface area contributed by atoms with Crippen LogP contribution in [0.3, 0.4) is 0 Å². The lowest BCUT2D eigenvalue weighted by molar-refractivity contribution is -0.136. The van der Waals surface area contributed by atoms with E-state index < -0.39 is 17.8 Å². The molecular formula is C25H25ClN4O4S. The molecule has 35 heavy (non-hydrogen) atoms. The molecule has 182 valence electrons. The standard InChI is InChI=1S/C25H25ClN4O4S/c1-4-34-25(33)20-17-8-6-14(3)10-19(17)35-24(20)29-22(31)23(32)30-27-12-16-11-15-7-5-13(2)9-18(15)28-21(16)26/h5,7,9,11-12,14H,4,6,8,10H2,1-3H3,(H,29,31)(H,30,32)/b27-12-/t14-/m1/s1. The third kappa shape index (κ3) is 5.52. The fourth-order valence-corrected chi connectivity index (χ4v) is 5.58. The second kappa shape index (κ2) is 10.5. The number of nitrogens with one attached hydrogen (secondary N) is 2. The number of fused-ring (bicyclic) bond motifs is 2. The molecule has 10 heteroatoms. The summed E-state index contributed by atoms with van der Waals surface area (Å²) in [6.45, 7) is 6.05. The van der Waals surface area contributed by atoms with Gasteiger partial charge in [0, 0.05) is 15.8 Å². The first-order valence-electron chi connectivity index (χ1n) is 11.3. The minimum absolute atomic E-state index is 0.217. The van der Waals surface area contributed by atoms with Crippen molar-refractivity contribution in [2.45, 2.75) is 40.0 Å². The molecule has 1 atom stereocenters. The van der Waals surface area contributed by atoms with Crippen LogP contribution in [0.1, 0.15) is 52.2 Å². The number of hydrogen-bond acceptors (Lipinski definition) is 7. The highest BCUT2D eigenvalue weighted by Gasteiger charge is 2.30. The summed E-state index contributed by atoms with van der Waals surface area (Å²) in [5, 5.41) is 7.84. The number of esters is 1. The van der Waals surface area contributed by atoms with Crippen molar-refractivity contribution in [3.63, 3.8) is 0 Å². The zero-order valence-electron chi connectivity index (χ0n) is 19.6. The monoisotopic (exact) mass is 512 g/mol. The summed E-state index contributed by atoms with van der Waals surface area (Å²) in [6, 6.07) is 7.59. The normalized spacial score (nSPS) is 15.1. The third-order valence-electron chi connectivity index (χ3n) is 5.75. The number of carbonyl (C=O) groups is 3. The molecular weight excluding hydrogens is 488 g/mol. The Bertz CT molecular complexity index is 1350. The minimum Gasteiger partial charge on any atom is -0.462 e. The Morgan fingerprint density at radius 2 is 2.09 bits per heavy atom. The SMILES string of the molecule is CCOC(=O)c1c(NC(=O)C(=O)N/N=C\c2cc3ccc(C)cc3nc2Cl)sc2c1CC[C@@H](C)C2. The number of hydrazone groups is 1. The lowest BCUT2D eigenvalue weighted by Gasteiger charge is -2.18. The first-order valence-corrected chi connectivity index (χ1v) is 12.5. The third-order valence-corrected chi connectivity index (χ3v) is 7.22. The van der Waals surface area contributed by atoms with Crippen molar-refractivity contribution in [1.29, 1.82) is 0 Å². The molecule has 8 nitrogen and oxygen atoms in total. The first kappa shape index (κ1) is 24.8. The second-order valence-corrected chi connectivity index (χ2v) is 9.96. The minimum atomic E-state index is -0.976. The number of pyridine rings is 1. The van der Waals surface area contributed by atoms with Crippen LogP contribution in [0.4, 0.5) is 5.00 Å². The number of aryl methyl sites for hydroxylation is 1. The van der Waals surface area contributed by atoms with Crippen LogP contribution in [0.25, 0.3) is 10.9 Å². The number of amides is 2. The Morgan fingerprint density at radius 3 is 2.86 bits per heavy atom. The Kier molecular flexibility index (Phi) is 7.47. The molecule has 0 saturated carbocycles. The maximum atomic E-state index is 12.6. The molecule has 0 fully saturated rings. The van der Waals surface area contributed by atoms with Gasteiger partial charge in [-0.25, -0.2) is 15.2 Å². The Balaban J connectivity index is 1.47. The van der Waals surface area contributed by atoms with Crippen molar-refractivity contribution in [3.05, 3.63) is 56.5 Å². The molecule has 2 aromatic heterocycles. The van der Waals surface area contributed by atoms with E-state index in [1.165, 1.54) is 17.6 Å². The largest absolute Gasteiger partial charge is 0.462 e. The van der Waals surface area contributed by atoms with E-state index in [0.29, 0.717) is 22.0 Å². The zero-order chi connectivity index (χ0) is 25.1. The molecule has 0 radical (unpaired) electrons. The topological polar surface area (TPSA) is 110 Å². The van der Waals surface area contributed by atoms with Gasteiger partial charge in [0.05, 0.1) is 23.9 Å². The molecule has 1 aliphatic carbocycles. The summed E-state index contributed by atoms with van der Waals surface area (Å²) in [4.78, 5) is 42.9. The van der Waals surface area contributed by atoms with Crippen molar-refractivity contribution in [1.82, 2.24) is 10.4 Å². The summed E-state index contributed by atoms with van der Waals surface area (Å²) in [6.07, 6.45) is 3.83. The number of anilines is 1. The van der Waals surface area contributed by atoms with Crippen LogP contribution in [-0.4, -0.2) is 35.6 Å². The van der Waals surface area contributed by atoms with E-state index in [4.69, 9.17) is 16.3 Å². The van der Waals surface area contributed by atoms with Gasteiger partial charge in [-0.1, -0.05) is 30.7 Å². The van der Waals surface area contributed by atoms with Crippen LogP contribution in [0, 0.1) is 12.8 Å². The van der Waals surface area contributed by atoms with E-state index in [1.807, 2.05) is 25.1 Å². The van der Waals surface area contributed by atoms with E-state index in [1.54, 1.807) is 13.0 Å². The summed E-state index contributed by atoms with van der Waals surface area (Å²) in [5.74, 6) is -1.92. The van der Waals surface area contributed by atoms with E-state index in [2.05, 4.69) is 27.8 Å². The van der Waals surface area contributed by atoms with Gasteiger partial charge in [0.25, 0.3) is 0 Å². The Morgan fingerprint density at radius 1 is 1.29 bits per heavy atom.